The van der Waals surface area contributed by atoms with Crippen LogP contribution in [0.1, 0.15) is 36.6 Å². The van der Waals surface area contributed by atoms with E-state index >= 15 is 0 Å². The van der Waals surface area contributed by atoms with Gasteiger partial charge in [0.15, 0.2) is 5.96 Å². The lowest BCUT2D eigenvalue weighted by molar-refractivity contribution is 0.0601. The summed E-state index contributed by atoms with van der Waals surface area (Å²) >= 11 is 1.58. The van der Waals surface area contributed by atoms with Crippen LogP contribution < -0.4 is 10.6 Å². The number of thiophene rings is 1. The SMILES string of the molecule is CCNC(=NCc1coc(-c2cccs2)n1)NCC(C)(O)c1cc(C)oc1C. The lowest BCUT2D eigenvalue weighted by Gasteiger charge is -2.24. The molecule has 0 fully saturated rings. The third-order valence-corrected chi connectivity index (χ3v) is 5.11. The van der Waals surface area contributed by atoms with E-state index in [1.807, 2.05) is 44.4 Å². The summed E-state index contributed by atoms with van der Waals surface area (Å²) in [7, 11) is 0. The average molecular weight is 403 g/mol. The van der Waals surface area contributed by atoms with E-state index in [0.29, 0.717) is 24.9 Å². The van der Waals surface area contributed by atoms with E-state index in [4.69, 9.17) is 8.83 Å². The number of furan rings is 1. The minimum absolute atomic E-state index is 0.290. The number of aryl methyl sites for hydroxylation is 2. The van der Waals surface area contributed by atoms with Crippen LogP contribution in [0.2, 0.25) is 0 Å². The van der Waals surface area contributed by atoms with Crippen LogP contribution in [0, 0.1) is 13.8 Å². The maximum absolute atomic E-state index is 10.9. The zero-order valence-corrected chi connectivity index (χ0v) is 17.4. The molecule has 1 atom stereocenters. The number of aliphatic hydroxyl groups is 1. The first-order valence-corrected chi connectivity index (χ1v) is 10.1. The molecule has 7 nitrogen and oxygen atoms in total. The molecule has 0 spiro atoms. The Morgan fingerprint density at radius 1 is 1.36 bits per heavy atom. The van der Waals surface area contributed by atoms with E-state index < -0.39 is 5.60 Å². The largest absolute Gasteiger partial charge is 0.466 e. The van der Waals surface area contributed by atoms with Gasteiger partial charge in [0.1, 0.15) is 29.1 Å². The maximum Gasteiger partial charge on any atom is 0.236 e. The molecule has 3 N–H and O–H groups in total. The van der Waals surface area contributed by atoms with Gasteiger partial charge in [0.25, 0.3) is 0 Å². The van der Waals surface area contributed by atoms with E-state index in [2.05, 4.69) is 20.6 Å². The molecule has 0 saturated heterocycles. The van der Waals surface area contributed by atoms with Crippen LogP contribution in [0.15, 0.2) is 43.7 Å². The van der Waals surface area contributed by atoms with Crippen molar-refractivity contribution in [2.45, 2.75) is 39.8 Å². The number of nitrogens with zero attached hydrogens (tertiary/aromatic N) is 2. The van der Waals surface area contributed by atoms with Crippen molar-refractivity contribution in [3.8, 4) is 10.8 Å². The molecule has 0 aliphatic heterocycles. The minimum Gasteiger partial charge on any atom is -0.466 e. The van der Waals surface area contributed by atoms with E-state index in [9.17, 15) is 5.11 Å². The van der Waals surface area contributed by atoms with Crippen LogP contribution in [0.4, 0.5) is 0 Å². The van der Waals surface area contributed by atoms with Crippen molar-refractivity contribution < 1.29 is 13.9 Å². The molecule has 0 bridgehead atoms. The van der Waals surface area contributed by atoms with E-state index in [-0.39, 0.29) is 6.54 Å². The second kappa shape index (κ2) is 8.62. The van der Waals surface area contributed by atoms with Crippen molar-refractivity contribution >= 4 is 17.3 Å². The molecule has 0 radical (unpaired) electrons. The summed E-state index contributed by atoms with van der Waals surface area (Å²) in [5, 5.41) is 19.2. The second-order valence-corrected chi connectivity index (χ2v) is 7.72. The van der Waals surface area contributed by atoms with Crippen molar-refractivity contribution in [3.63, 3.8) is 0 Å². The summed E-state index contributed by atoms with van der Waals surface area (Å²) in [5.74, 6) is 2.70. The first-order chi connectivity index (χ1) is 13.4. The molecule has 0 aromatic carbocycles. The number of aliphatic imine (C=N–C) groups is 1. The van der Waals surface area contributed by atoms with Gasteiger partial charge < -0.3 is 24.6 Å². The fourth-order valence-corrected chi connectivity index (χ4v) is 3.57. The lowest BCUT2D eigenvalue weighted by atomic mass is 9.96. The number of oxazole rings is 1. The van der Waals surface area contributed by atoms with Crippen molar-refractivity contribution in [2.75, 3.05) is 13.1 Å². The number of rotatable bonds is 7. The lowest BCUT2D eigenvalue weighted by Crippen LogP contribution is -2.44. The summed E-state index contributed by atoms with van der Waals surface area (Å²) in [5.41, 5.74) is 0.428. The number of aromatic nitrogens is 1. The van der Waals surface area contributed by atoms with Gasteiger partial charge in [-0.3, -0.25) is 0 Å². The van der Waals surface area contributed by atoms with Gasteiger partial charge >= 0.3 is 0 Å². The predicted molar refractivity (Wildman–Crippen MR) is 110 cm³/mol. The molecule has 0 aliphatic rings. The number of guanidine groups is 1. The van der Waals surface area contributed by atoms with Gasteiger partial charge in [0.2, 0.25) is 5.89 Å². The highest BCUT2D eigenvalue weighted by Gasteiger charge is 2.27. The summed E-state index contributed by atoms with van der Waals surface area (Å²) < 4.78 is 11.1. The third kappa shape index (κ3) is 4.82. The van der Waals surface area contributed by atoms with Crippen LogP contribution in [0.25, 0.3) is 10.8 Å². The molecule has 0 aliphatic carbocycles. The number of hydrogen-bond donors (Lipinski definition) is 3. The Kier molecular flexibility index (Phi) is 6.21. The van der Waals surface area contributed by atoms with Gasteiger partial charge in [-0.15, -0.1) is 11.3 Å². The van der Waals surface area contributed by atoms with E-state index in [0.717, 1.165) is 27.7 Å². The van der Waals surface area contributed by atoms with Gasteiger partial charge in [0, 0.05) is 12.1 Å². The fourth-order valence-electron chi connectivity index (χ4n) is 2.91. The second-order valence-electron chi connectivity index (χ2n) is 6.77. The Balaban J connectivity index is 1.65. The predicted octanol–water partition coefficient (Wildman–Crippen LogP) is 3.58. The number of nitrogens with one attached hydrogen (secondary N) is 2. The average Bonchev–Trinajstić information content (AvgIpc) is 3.38. The fraction of sp³-hybridized carbons (Fsp3) is 0.400. The molecule has 1 unspecified atom stereocenters. The van der Waals surface area contributed by atoms with E-state index in [1.54, 1.807) is 24.5 Å². The van der Waals surface area contributed by atoms with Crippen molar-refractivity contribution in [3.05, 3.63) is 52.6 Å². The summed E-state index contributed by atoms with van der Waals surface area (Å²) in [6, 6.07) is 5.80. The molecule has 3 rings (SSSR count). The van der Waals surface area contributed by atoms with Gasteiger partial charge in [-0.2, -0.15) is 0 Å². The highest BCUT2D eigenvalue weighted by Crippen LogP contribution is 2.26. The van der Waals surface area contributed by atoms with Crippen LogP contribution in [-0.2, 0) is 12.1 Å². The summed E-state index contributed by atoms with van der Waals surface area (Å²) in [4.78, 5) is 10.0. The maximum atomic E-state index is 10.9. The Morgan fingerprint density at radius 3 is 2.82 bits per heavy atom. The number of hydrogen-bond acceptors (Lipinski definition) is 6. The van der Waals surface area contributed by atoms with Crippen molar-refractivity contribution in [1.82, 2.24) is 15.6 Å². The highest BCUT2D eigenvalue weighted by atomic mass is 32.1. The molecule has 3 aromatic heterocycles. The molecule has 28 heavy (non-hydrogen) atoms. The van der Waals surface area contributed by atoms with Crippen molar-refractivity contribution in [1.29, 1.82) is 0 Å². The standard InChI is InChI=1S/C20H26N4O3S/c1-5-21-19(23-12-20(4,25)16-9-13(2)27-14(16)3)22-10-15-11-26-18(24-15)17-7-6-8-28-17/h6-9,11,25H,5,10,12H2,1-4H3,(H2,21,22,23). The van der Waals surface area contributed by atoms with Crippen LogP contribution in [0.3, 0.4) is 0 Å². The molecule has 150 valence electrons. The molecule has 0 amide bonds. The first-order valence-electron chi connectivity index (χ1n) is 9.19. The Morgan fingerprint density at radius 2 is 2.18 bits per heavy atom. The monoisotopic (exact) mass is 402 g/mol. The van der Waals surface area contributed by atoms with Gasteiger partial charge in [-0.1, -0.05) is 6.07 Å². The van der Waals surface area contributed by atoms with Gasteiger partial charge in [-0.05, 0) is 45.2 Å². The van der Waals surface area contributed by atoms with Gasteiger partial charge in [0.05, 0.1) is 18.0 Å². The zero-order valence-electron chi connectivity index (χ0n) is 16.6. The van der Waals surface area contributed by atoms with Crippen LogP contribution >= 0.6 is 11.3 Å². The summed E-state index contributed by atoms with van der Waals surface area (Å²) in [6.07, 6.45) is 1.62. The van der Waals surface area contributed by atoms with Crippen LogP contribution in [-0.4, -0.2) is 29.1 Å². The molecule has 3 heterocycles. The molecular weight excluding hydrogens is 376 g/mol. The normalized spacial score (nSPS) is 14.1. The molecule has 8 heteroatoms. The summed E-state index contributed by atoms with van der Waals surface area (Å²) in [6.45, 7) is 8.83. The molecule has 0 saturated carbocycles. The van der Waals surface area contributed by atoms with Crippen LogP contribution in [0.5, 0.6) is 0 Å². The van der Waals surface area contributed by atoms with E-state index in [1.165, 1.54) is 0 Å². The Bertz CT molecular complexity index is 925. The Hall–Kier alpha value is -2.58. The third-order valence-electron chi connectivity index (χ3n) is 4.25. The smallest absolute Gasteiger partial charge is 0.236 e. The quantitative estimate of drug-likeness (QED) is 0.413. The highest BCUT2D eigenvalue weighted by molar-refractivity contribution is 7.13. The first kappa shape index (κ1) is 20.2. The minimum atomic E-state index is -1.09. The topological polar surface area (TPSA) is 95.8 Å². The zero-order chi connectivity index (χ0) is 20.1. The van der Waals surface area contributed by atoms with Crippen molar-refractivity contribution in [2.24, 2.45) is 4.99 Å². The molecular formula is C20H26N4O3S. The van der Waals surface area contributed by atoms with Gasteiger partial charge in [-0.25, -0.2) is 9.98 Å². The Labute approximate surface area is 168 Å². The molecule has 3 aromatic rings.